The summed E-state index contributed by atoms with van der Waals surface area (Å²) in [5.41, 5.74) is 2.08. The van der Waals surface area contributed by atoms with Gasteiger partial charge >= 0.3 is 0 Å². The third-order valence-electron chi connectivity index (χ3n) is 5.77. The largest absolute Gasteiger partial charge is 0.489 e. The monoisotopic (exact) mass is 428 g/mol. The highest BCUT2D eigenvalue weighted by atomic mass is 16.5. The Morgan fingerprint density at radius 1 is 1.12 bits per heavy atom. The van der Waals surface area contributed by atoms with Gasteiger partial charge in [0.05, 0.1) is 11.1 Å². The van der Waals surface area contributed by atoms with Crippen molar-refractivity contribution in [3.8, 4) is 23.3 Å². The summed E-state index contributed by atoms with van der Waals surface area (Å²) in [4.78, 5) is 9.82. The van der Waals surface area contributed by atoms with E-state index < -0.39 is 6.10 Å². The van der Waals surface area contributed by atoms with Gasteiger partial charge in [0.25, 0.3) is 0 Å². The molecule has 1 saturated heterocycles. The van der Waals surface area contributed by atoms with Gasteiger partial charge in [-0.25, -0.2) is 0 Å². The Morgan fingerprint density at radius 2 is 2.00 bits per heavy atom. The molecule has 162 valence electrons. The minimum Gasteiger partial charge on any atom is -0.489 e. The number of benzene rings is 2. The topological polar surface area (TPSA) is 94.4 Å². The van der Waals surface area contributed by atoms with Crippen LogP contribution in [0, 0.1) is 11.3 Å². The van der Waals surface area contributed by atoms with Crippen LogP contribution in [0.3, 0.4) is 0 Å². The number of rotatable bonds is 7. The highest BCUT2D eigenvalue weighted by Gasteiger charge is 2.17. The van der Waals surface area contributed by atoms with Gasteiger partial charge in [-0.3, -0.25) is 4.98 Å². The molecule has 0 radical (unpaired) electrons. The summed E-state index contributed by atoms with van der Waals surface area (Å²) in [5, 5.41) is 21.8. The number of aliphatic hydroxyl groups excluding tert-OH is 1. The zero-order valence-electron chi connectivity index (χ0n) is 17.6. The zero-order valence-corrected chi connectivity index (χ0v) is 17.6. The van der Waals surface area contributed by atoms with E-state index in [-0.39, 0.29) is 6.61 Å². The Kier molecular flexibility index (Phi) is 5.63. The van der Waals surface area contributed by atoms with Crippen molar-refractivity contribution in [1.29, 1.82) is 5.26 Å². The maximum absolute atomic E-state index is 10.3. The molecule has 1 unspecified atom stereocenters. The van der Waals surface area contributed by atoms with Crippen molar-refractivity contribution in [2.75, 3.05) is 26.2 Å². The fourth-order valence-corrected chi connectivity index (χ4v) is 4.17. The van der Waals surface area contributed by atoms with E-state index in [0.717, 1.165) is 29.4 Å². The first kappa shape index (κ1) is 20.3. The Labute approximate surface area is 185 Å². The number of nitriles is 1. The minimum absolute atomic E-state index is 0.129. The van der Waals surface area contributed by atoms with Crippen molar-refractivity contribution in [2.24, 2.45) is 0 Å². The number of aromatic nitrogens is 2. The molecular formula is C25H24N4O3. The predicted molar refractivity (Wildman–Crippen MR) is 122 cm³/mol. The summed E-state index contributed by atoms with van der Waals surface area (Å²) >= 11 is 0. The van der Waals surface area contributed by atoms with Gasteiger partial charge < -0.3 is 24.5 Å². The van der Waals surface area contributed by atoms with Crippen LogP contribution < -0.4 is 9.47 Å². The first-order valence-corrected chi connectivity index (χ1v) is 10.8. The van der Waals surface area contributed by atoms with E-state index in [4.69, 9.17) is 9.47 Å². The van der Waals surface area contributed by atoms with Crippen LogP contribution in [0.5, 0.6) is 17.2 Å². The molecule has 2 N–H and O–H groups in total. The second-order valence-corrected chi connectivity index (χ2v) is 8.09. The standard InChI is InChI=1S/C25H24N4O3/c26-14-18-12-21-23(13-25(18)31-16-19(30)15-29-9-1-2-10-29)28-8-6-24(21)32-20-3-4-22-17(11-20)5-7-27-22/h3-8,11-13,19,27,30H,1-2,9-10,15-16H2. The number of H-pyrrole nitrogens is 1. The number of nitrogens with one attached hydrogen (secondary N) is 1. The highest BCUT2D eigenvalue weighted by molar-refractivity contribution is 5.88. The fraction of sp³-hybridized carbons (Fsp3) is 0.280. The van der Waals surface area contributed by atoms with Gasteiger partial charge in [0.2, 0.25) is 0 Å². The normalized spacial score (nSPS) is 15.1. The molecule has 32 heavy (non-hydrogen) atoms. The highest BCUT2D eigenvalue weighted by Crippen LogP contribution is 2.34. The summed E-state index contributed by atoms with van der Waals surface area (Å²) in [6.07, 6.45) is 5.29. The van der Waals surface area contributed by atoms with Crippen LogP contribution in [0.2, 0.25) is 0 Å². The third kappa shape index (κ3) is 4.24. The molecule has 3 heterocycles. The number of nitrogens with zero attached hydrogens (tertiary/aromatic N) is 3. The quantitative estimate of drug-likeness (QED) is 0.458. The lowest BCUT2D eigenvalue weighted by Gasteiger charge is -2.20. The van der Waals surface area contributed by atoms with Crippen LogP contribution in [0.15, 0.2) is 54.9 Å². The average molecular weight is 428 g/mol. The summed E-state index contributed by atoms with van der Waals surface area (Å²) in [5.74, 6) is 1.73. The van der Waals surface area contributed by atoms with Gasteiger partial charge in [-0.2, -0.15) is 5.26 Å². The number of β-amino-alcohol motifs (C(OH)–C–C–N with tert-alkyl or cyclic N) is 1. The number of fused-ring (bicyclic) bond motifs is 2. The maximum Gasteiger partial charge on any atom is 0.139 e. The van der Waals surface area contributed by atoms with Gasteiger partial charge in [0, 0.05) is 41.3 Å². The molecule has 2 aromatic carbocycles. The smallest absolute Gasteiger partial charge is 0.139 e. The third-order valence-corrected chi connectivity index (χ3v) is 5.77. The number of aliphatic hydroxyl groups is 1. The molecule has 0 spiro atoms. The first-order chi connectivity index (χ1) is 15.7. The van der Waals surface area contributed by atoms with Crippen LogP contribution >= 0.6 is 0 Å². The van der Waals surface area contributed by atoms with E-state index >= 15 is 0 Å². The zero-order chi connectivity index (χ0) is 21.9. The van der Waals surface area contributed by atoms with Crippen LogP contribution in [0.25, 0.3) is 21.8 Å². The van der Waals surface area contributed by atoms with Crippen LogP contribution in [0.1, 0.15) is 18.4 Å². The lowest BCUT2D eigenvalue weighted by molar-refractivity contribution is 0.0758. The Balaban J connectivity index is 1.37. The molecular weight excluding hydrogens is 404 g/mol. The van der Waals surface area contributed by atoms with Crippen molar-refractivity contribution < 1.29 is 14.6 Å². The average Bonchev–Trinajstić information content (AvgIpc) is 3.49. The van der Waals surface area contributed by atoms with Gasteiger partial charge in [-0.15, -0.1) is 0 Å². The van der Waals surface area contributed by atoms with E-state index in [2.05, 4.69) is 20.9 Å². The number of aromatic amines is 1. The first-order valence-electron chi connectivity index (χ1n) is 10.8. The van der Waals surface area contributed by atoms with Gasteiger partial charge in [0.15, 0.2) is 0 Å². The Bertz CT molecular complexity index is 1290. The van der Waals surface area contributed by atoms with Gasteiger partial charge in [-0.1, -0.05) is 0 Å². The van der Waals surface area contributed by atoms with E-state index in [1.54, 1.807) is 24.4 Å². The van der Waals surface area contributed by atoms with Crippen LogP contribution in [-0.2, 0) is 0 Å². The summed E-state index contributed by atoms with van der Waals surface area (Å²) in [6.45, 7) is 2.74. The second-order valence-electron chi connectivity index (χ2n) is 8.09. The molecule has 1 aliphatic rings. The van der Waals surface area contributed by atoms with E-state index in [0.29, 0.717) is 34.9 Å². The SMILES string of the molecule is N#Cc1cc2c(Oc3ccc4[nH]ccc4c3)ccnc2cc1OCC(O)CN1CCCC1. The maximum atomic E-state index is 10.3. The molecule has 7 nitrogen and oxygen atoms in total. The Morgan fingerprint density at radius 3 is 2.84 bits per heavy atom. The molecule has 2 aromatic heterocycles. The molecule has 0 aliphatic carbocycles. The number of pyridine rings is 1. The summed E-state index contributed by atoms with van der Waals surface area (Å²) < 4.78 is 12.0. The van der Waals surface area contributed by atoms with Crippen molar-refractivity contribution in [3.05, 3.63) is 60.4 Å². The lowest BCUT2D eigenvalue weighted by Crippen LogP contribution is -2.33. The Hall–Kier alpha value is -3.60. The van der Waals surface area contributed by atoms with Crippen molar-refractivity contribution in [2.45, 2.75) is 18.9 Å². The molecule has 0 saturated carbocycles. The van der Waals surface area contributed by atoms with E-state index in [9.17, 15) is 10.4 Å². The van der Waals surface area contributed by atoms with Crippen molar-refractivity contribution in [1.82, 2.24) is 14.9 Å². The number of likely N-dealkylation sites (tertiary alicyclic amines) is 1. The minimum atomic E-state index is -0.610. The molecule has 0 bridgehead atoms. The number of hydrogen-bond acceptors (Lipinski definition) is 6. The van der Waals surface area contributed by atoms with Crippen molar-refractivity contribution in [3.63, 3.8) is 0 Å². The molecule has 1 fully saturated rings. The second kappa shape index (κ2) is 8.87. The number of hydrogen-bond donors (Lipinski definition) is 2. The van der Waals surface area contributed by atoms with E-state index in [1.165, 1.54) is 12.8 Å². The van der Waals surface area contributed by atoms with Crippen LogP contribution in [0.4, 0.5) is 0 Å². The predicted octanol–water partition coefficient (Wildman–Crippen LogP) is 4.22. The molecule has 4 aromatic rings. The molecule has 1 atom stereocenters. The number of ether oxygens (including phenoxy) is 2. The molecule has 5 rings (SSSR count). The lowest BCUT2D eigenvalue weighted by atomic mass is 10.1. The molecule has 7 heteroatoms. The van der Waals surface area contributed by atoms with Gasteiger partial charge in [-0.05, 0) is 62.3 Å². The summed E-state index contributed by atoms with van der Waals surface area (Å²) in [6, 6.07) is 15.3. The van der Waals surface area contributed by atoms with Crippen molar-refractivity contribution >= 4 is 21.8 Å². The molecule has 0 amide bonds. The van der Waals surface area contributed by atoms with Gasteiger partial charge in [0.1, 0.15) is 36.0 Å². The fourth-order valence-electron chi connectivity index (χ4n) is 4.17. The summed E-state index contributed by atoms with van der Waals surface area (Å²) in [7, 11) is 0. The van der Waals surface area contributed by atoms with Crippen LogP contribution in [-0.4, -0.2) is 52.3 Å². The van der Waals surface area contributed by atoms with E-state index in [1.807, 2.05) is 30.5 Å². The molecule has 1 aliphatic heterocycles.